The van der Waals surface area contributed by atoms with Gasteiger partial charge in [0.05, 0.1) is 16.8 Å². The molecule has 5 heteroatoms. The third-order valence-electron chi connectivity index (χ3n) is 4.97. The normalized spacial score (nSPS) is 12.0. The van der Waals surface area contributed by atoms with Crippen LogP contribution in [0, 0.1) is 0 Å². The van der Waals surface area contributed by atoms with Crippen molar-refractivity contribution in [2.45, 2.75) is 52.5 Å². The van der Waals surface area contributed by atoms with Crippen LogP contribution in [0.15, 0.2) is 53.1 Å². The van der Waals surface area contributed by atoms with Crippen molar-refractivity contribution >= 4 is 27.2 Å². The maximum absolute atomic E-state index is 13.4. The lowest BCUT2D eigenvalue weighted by Crippen LogP contribution is -2.36. The number of ether oxygens (including phenoxy) is 1. The molecule has 0 spiro atoms. The lowest BCUT2D eigenvalue weighted by atomic mass is 9.98. The molecule has 160 valence electrons. The molecule has 0 amide bonds. The quantitative estimate of drug-likeness (QED) is 0.314. The molecule has 1 aromatic carbocycles. The fourth-order valence-corrected chi connectivity index (χ4v) is 3.93. The van der Waals surface area contributed by atoms with Gasteiger partial charge in [-0.15, -0.1) is 0 Å². The summed E-state index contributed by atoms with van der Waals surface area (Å²) in [6, 6.07) is 13.7. The Hall–Kier alpha value is -2.11. The van der Waals surface area contributed by atoms with Gasteiger partial charge in [0.1, 0.15) is 5.75 Å². The van der Waals surface area contributed by atoms with Crippen LogP contribution < -0.4 is 10.1 Å². The number of carbonyl (C=O) groups is 1. The third-order valence-corrected chi connectivity index (χ3v) is 5.59. The van der Waals surface area contributed by atoms with E-state index in [0.717, 1.165) is 40.0 Å². The Kier molecular flexibility index (Phi) is 7.04. The van der Waals surface area contributed by atoms with E-state index in [2.05, 4.69) is 61.9 Å². The van der Waals surface area contributed by atoms with Crippen molar-refractivity contribution in [3.05, 3.63) is 70.0 Å². The molecule has 0 unspecified atom stereocenters. The topological polar surface area (TPSA) is 42.7 Å². The van der Waals surface area contributed by atoms with E-state index in [1.807, 2.05) is 47.0 Å². The van der Waals surface area contributed by atoms with Gasteiger partial charge in [-0.1, -0.05) is 19.9 Å². The minimum atomic E-state index is 0.0199. The van der Waals surface area contributed by atoms with Crippen LogP contribution in [-0.2, 0) is 0 Å². The minimum absolute atomic E-state index is 0.0199. The number of aromatic nitrogens is 1. The Labute approximate surface area is 187 Å². The van der Waals surface area contributed by atoms with Gasteiger partial charge >= 0.3 is 0 Å². The fourth-order valence-electron chi connectivity index (χ4n) is 3.44. The van der Waals surface area contributed by atoms with Crippen LogP contribution in [0.5, 0.6) is 5.75 Å². The van der Waals surface area contributed by atoms with E-state index >= 15 is 0 Å². The molecule has 1 N–H and O–H groups in total. The zero-order chi connectivity index (χ0) is 21.9. The molecule has 2 aromatic heterocycles. The lowest BCUT2D eigenvalue weighted by Gasteiger charge is -2.20. The van der Waals surface area contributed by atoms with Crippen LogP contribution >= 0.6 is 15.9 Å². The predicted molar refractivity (Wildman–Crippen MR) is 127 cm³/mol. The molecule has 2 heterocycles. The summed E-state index contributed by atoms with van der Waals surface area (Å²) >= 11 is 3.58. The van der Waals surface area contributed by atoms with Gasteiger partial charge in [0.25, 0.3) is 0 Å². The Bertz CT molecular complexity index is 1030. The van der Waals surface area contributed by atoms with E-state index in [-0.39, 0.29) is 17.2 Å². The lowest BCUT2D eigenvalue weighted by molar-refractivity contribution is 0.103. The average molecular weight is 471 g/mol. The van der Waals surface area contributed by atoms with Crippen LogP contribution in [0.2, 0.25) is 0 Å². The summed E-state index contributed by atoms with van der Waals surface area (Å²) in [6.07, 6.45) is 2.87. The fraction of sp³-hybridized carbons (Fsp3) is 0.400. The number of pyridine rings is 1. The highest BCUT2D eigenvalue weighted by atomic mass is 79.9. The second-order valence-corrected chi connectivity index (χ2v) is 9.81. The van der Waals surface area contributed by atoms with Gasteiger partial charge in [-0.3, -0.25) is 4.79 Å². The number of fused-ring (bicyclic) bond motifs is 1. The summed E-state index contributed by atoms with van der Waals surface area (Å²) in [4.78, 5) is 13.4. The molecule has 0 bridgehead atoms. The molecule has 4 nitrogen and oxygen atoms in total. The summed E-state index contributed by atoms with van der Waals surface area (Å²) in [7, 11) is 0. The highest BCUT2D eigenvalue weighted by Crippen LogP contribution is 2.30. The van der Waals surface area contributed by atoms with E-state index in [0.29, 0.717) is 12.2 Å². The first-order valence-corrected chi connectivity index (χ1v) is 11.3. The number of ketones is 1. The van der Waals surface area contributed by atoms with Crippen LogP contribution in [0.3, 0.4) is 0 Å². The summed E-state index contributed by atoms with van der Waals surface area (Å²) in [6.45, 7) is 12.2. The van der Waals surface area contributed by atoms with Crippen LogP contribution in [-0.4, -0.2) is 28.9 Å². The standard InChI is InChI=1S/C25H31BrN2O2/c1-17(2)20-16-19-9-6-7-13-28(19)23(20)24(29)18-10-11-22(21(26)15-18)30-14-8-12-27-25(3,4)5/h6-7,9-11,13,15-17,27H,8,12,14H2,1-5H3. The number of nitrogens with zero attached hydrogens (tertiary/aromatic N) is 1. The molecule has 0 saturated heterocycles. The Morgan fingerprint density at radius 3 is 2.60 bits per heavy atom. The smallest absolute Gasteiger partial charge is 0.210 e. The van der Waals surface area contributed by atoms with Crippen LogP contribution in [0.25, 0.3) is 5.52 Å². The monoisotopic (exact) mass is 470 g/mol. The first-order valence-electron chi connectivity index (χ1n) is 10.5. The second kappa shape index (κ2) is 9.36. The molecule has 3 rings (SSSR count). The highest BCUT2D eigenvalue weighted by Gasteiger charge is 2.21. The van der Waals surface area contributed by atoms with Gasteiger partial charge in [0, 0.05) is 22.8 Å². The number of hydrogen-bond acceptors (Lipinski definition) is 3. The van der Waals surface area contributed by atoms with Crippen molar-refractivity contribution in [2.24, 2.45) is 0 Å². The molecule has 0 atom stereocenters. The van der Waals surface area contributed by atoms with Crippen LogP contribution in [0.4, 0.5) is 0 Å². The number of carbonyl (C=O) groups excluding carboxylic acids is 1. The van der Waals surface area contributed by atoms with Crippen molar-refractivity contribution in [2.75, 3.05) is 13.2 Å². The first kappa shape index (κ1) is 22.6. The number of benzene rings is 1. The molecule has 0 aliphatic rings. The predicted octanol–water partition coefficient (Wildman–Crippen LogP) is 6.21. The summed E-state index contributed by atoms with van der Waals surface area (Å²) in [5, 5.41) is 3.45. The van der Waals surface area contributed by atoms with Gasteiger partial charge in [0.15, 0.2) is 0 Å². The summed E-state index contributed by atoms with van der Waals surface area (Å²) in [5.41, 5.74) is 3.59. The van der Waals surface area contributed by atoms with E-state index in [4.69, 9.17) is 4.74 Å². The Morgan fingerprint density at radius 1 is 1.17 bits per heavy atom. The highest BCUT2D eigenvalue weighted by molar-refractivity contribution is 9.10. The van der Waals surface area contributed by atoms with Crippen LogP contribution in [0.1, 0.15) is 68.6 Å². The van der Waals surface area contributed by atoms with Gasteiger partial charge in [-0.2, -0.15) is 0 Å². The third kappa shape index (κ3) is 5.32. The van der Waals surface area contributed by atoms with E-state index in [1.165, 1.54) is 0 Å². The minimum Gasteiger partial charge on any atom is -0.492 e. The van der Waals surface area contributed by atoms with Gasteiger partial charge < -0.3 is 14.5 Å². The maximum Gasteiger partial charge on any atom is 0.210 e. The average Bonchev–Trinajstić information content (AvgIpc) is 3.07. The number of halogens is 1. The molecular formula is C25H31BrN2O2. The van der Waals surface area contributed by atoms with E-state index in [9.17, 15) is 4.79 Å². The maximum atomic E-state index is 13.4. The van der Waals surface area contributed by atoms with Crippen molar-refractivity contribution in [1.82, 2.24) is 9.72 Å². The van der Waals surface area contributed by atoms with Gasteiger partial charge in [-0.25, -0.2) is 0 Å². The Morgan fingerprint density at radius 2 is 1.93 bits per heavy atom. The summed E-state index contributed by atoms with van der Waals surface area (Å²) < 4.78 is 8.69. The van der Waals surface area contributed by atoms with Gasteiger partial charge in [0.2, 0.25) is 5.78 Å². The molecule has 3 aromatic rings. The van der Waals surface area contributed by atoms with Crippen molar-refractivity contribution < 1.29 is 9.53 Å². The number of rotatable bonds is 8. The molecule has 0 saturated carbocycles. The van der Waals surface area contributed by atoms with E-state index < -0.39 is 0 Å². The van der Waals surface area contributed by atoms with Gasteiger partial charge in [-0.05, 0) is 97.5 Å². The first-order chi connectivity index (χ1) is 14.2. The molecule has 0 radical (unpaired) electrons. The zero-order valence-electron chi connectivity index (χ0n) is 18.5. The number of nitrogens with one attached hydrogen (secondary N) is 1. The SMILES string of the molecule is CC(C)c1cc2ccccn2c1C(=O)c1ccc(OCCCNC(C)(C)C)c(Br)c1. The molecule has 30 heavy (non-hydrogen) atoms. The molecule has 0 aliphatic carbocycles. The van der Waals surface area contributed by atoms with Crippen molar-refractivity contribution in [3.8, 4) is 5.75 Å². The largest absolute Gasteiger partial charge is 0.492 e. The zero-order valence-corrected chi connectivity index (χ0v) is 20.0. The molecular weight excluding hydrogens is 440 g/mol. The molecule has 0 aliphatic heterocycles. The molecule has 0 fully saturated rings. The van der Waals surface area contributed by atoms with E-state index in [1.54, 1.807) is 0 Å². The number of hydrogen-bond donors (Lipinski definition) is 1. The summed E-state index contributed by atoms with van der Waals surface area (Å²) in [5.74, 6) is 1.04. The Balaban J connectivity index is 1.76. The van der Waals surface area contributed by atoms with Crippen molar-refractivity contribution in [1.29, 1.82) is 0 Å². The second-order valence-electron chi connectivity index (χ2n) is 8.95. The van der Waals surface area contributed by atoms with Crippen molar-refractivity contribution in [3.63, 3.8) is 0 Å².